The van der Waals surface area contributed by atoms with Crippen LogP contribution in [-0.2, 0) is 0 Å². The van der Waals surface area contributed by atoms with E-state index in [1.54, 1.807) is 38.5 Å². The average Bonchev–Trinajstić information content (AvgIpc) is 2.76. The first-order valence-electron chi connectivity index (χ1n) is 4.90. The lowest BCUT2D eigenvalue weighted by Crippen LogP contribution is -1.98. The van der Waals surface area contributed by atoms with Crippen molar-refractivity contribution in [3.8, 4) is 0 Å². The Morgan fingerprint density at radius 2 is 2.00 bits per heavy atom. The van der Waals surface area contributed by atoms with Crippen LogP contribution in [0.25, 0.3) is 0 Å². The van der Waals surface area contributed by atoms with Gasteiger partial charge in [-0.2, -0.15) is 0 Å². The van der Waals surface area contributed by atoms with Crippen molar-refractivity contribution in [3.05, 3.63) is 0 Å². The SMILES string of the molecule is C1CC2C3(C1)CC23C1CC1. The predicted molar refractivity (Wildman–Crippen MR) is 39.5 cm³/mol. The predicted octanol–water partition coefficient (Wildman–Crippen LogP) is 2.59. The van der Waals surface area contributed by atoms with Gasteiger partial charge in [0.15, 0.2) is 0 Å². The molecule has 4 aliphatic rings. The zero-order valence-electron chi connectivity index (χ0n) is 6.40. The second-order valence-electron chi connectivity index (χ2n) is 5.09. The number of rotatable bonds is 1. The molecule has 4 aliphatic carbocycles. The first-order valence-corrected chi connectivity index (χ1v) is 4.90. The molecule has 0 radical (unpaired) electrons. The molecule has 0 heteroatoms. The minimum atomic E-state index is 1.01. The van der Waals surface area contributed by atoms with Gasteiger partial charge in [0.1, 0.15) is 0 Å². The van der Waals surface area contributed by atoms with Crippen LogP contribution in [0.2, 0.25) is 0 Å². The van der Waals surface area contributed by atoms with Crippen molar-refractivity contribution in [3.63, 3.8) is 0 Å². The van der Waals surface area contributed by atoms with Crippen LogP contribution in [0, 0.1) is 22.7 Å². The molecule has 4 fully saturated rings. The highest BCUT2D eigenvalue weighted by Gasteiger charge is 2.93. The van der Waals surface area contributed by atoms with Crippen molar-refractivity contribution in [2.45, 2.75) is 38.5 Å². The molecule has 0 heterocycles. The molecule has 3 atom stereocenters. The van der Waals surface area contributed by atoms with Gasteiger partial charge in [0, 0.05) is 0 Å². The monoisotopic (exact) mass is 134 g/mol. The molecule has 0 bridgehead atoms. The number of hydrogen-bond acceptors (Lipinski definition) is 0. The van der Waals surface area contributed by atoms with E-state index in [1.807, 2.05) is 0 Å². The molecule has 0 N–H and O–H groups in total. The van der Waals surface area contributed by atoms with Gasteiger partial charge in [-0.05, 0) is 54.8 Å². The quantitative estimate of drug-likeness (QED) is 0.517. The summed E-state index contributed by atoms with van der Waals surface area (Å²) in [6, 6.07) is 0. The van der Waals surface area contributed by atoms with Crippen LogP contribution in [0.15, 0.2) is 0 Å². The van der Waals surface area contributed by atoms with E-state index in [4.69, 9.17) is 0 Å². The van der Waals surface area contributed by atoms with E-state index in [9.17, 15) is 0 Å². The number of hydrogen-bond donors (Lipinski definition) is 0. The summed E-state index contributed by atoms with van der Waals surface area (Å²) in [5, 5.41) is 0. The van der Waals surface area contributed by atoms with Gasteiger partial charge in [0.2, 0.25) is 0 Å². The first kappa shape index (κ1) is 4.79. The van der Waals surface area contributed by atoms with Gasteiger partial charge in [0.05, 0.1) is 0 Å². The standard InChI is InChI=1S/C10H14/c1-2-8-9(5-1)6-10(8,9)7-3-4-7/h7-8H,1-6H2. The van der Waals surface area contributed by atoms with E-state index in [0.717, 1.165) is 10.8 Å². The zero-order chi connectivity index (χ0) is 6.40. The highest BCUT2D eigenvalue weighted by atomic mass is 15.0. The maximum atomic E-state index is 1.66. The molecule has 0 aromatic heterocycles. The Hall–Kier alpha value is 0. The maximum absolute atomic E-state index is 1.66. The molecule has 4 rings (SSSR count). The Labute approximate surface area is 62.0 Å². The fourth-order valence-electron chi connectivity index (χ4n) is 4.47. The van der Waals surface area contributed by atoms with Crippen LogP contribution in [0.3, 0.4) is 0 Å². The van der Waals surface area contributed by atoms with Gasteiger partial charge in [-0.3, -0.25) is 0 Å². The van der Waals surface area contributed by atoms with Gasteiger partial charge in [-0.25, -0.2) is 0 Å². The summed E-state index contributed by atoms with van der Waals surface area (Å²) in [6.07, 6.45) is 9.65. The van der Waals surface area contributed by atoms with E-state index in [1.165, 1.54) is 11.8 Å². The summed E-state index contributed by atoms with van der Waals surface area (Å²) >= 11 is 0. The van der Waals surface area contributed by atoms with E-state index in [0.29, 0.717) is 0 Å². The summed E-state index contributed by atoms with van der Waals surface area (Å²) in [5.41, 5.74) is 2.03. The van der Waals surface area contributed by atoms with Crippen molar-refractivity contribution >= 4 is 0 Å². The van der Waals surface area contributed by atoms with Crippen molar-refractivity contribution in [2.24, 2.45) is 22.7 Å². The zero-order valence-corrected chi connectivity index (χ0v) is 6.40. The molecule has 0 aliphatic heterocycles. The molecule has 0 aromatic rings. The van der Waals surface area contributed by atoms with E-state index >= 15 is 0 Å². The van der Waals surface area contributed by atoms with Crippen LogP contribution < -0.4 is 0 Å². The third kappa shape index (κ3) is 0.258. The Kier molecular flexibility index (Phi) is 0.479. The minimum Gasteiger partial charge on any atom is -0.0524 e. The lowest BCUT2D eigenvalue weighted by Gasteiger charge is -2.05. The van der Waals surface area contributed by atoms with E-state index in [-0.39, 0.29) is 0 Å². The smallest absolute Gasteiger partial charge is 0.0170 e. The van der Waals surface area contributed by atoms with Gasteiger partial charge < -0.3 is 0 Å². The van der Waals surface area contributed by atoms with Crippen molar-refractivity contribution in [1.82, 2.24) is 0 Å². The minimum absolute atomic E-state index is 1.01. The summed E-state index contributed by atoms with van der Waals surface area (Å²) in [7, 11) is 0. The largest absolute Gasteiger partial charge is 0.0524 e. The molecule has 0 saturated heterocycles. The molecule has 0 nitrogen and oxygen atoms in total. The van der Waals surface area contributed by atoms with Crippen LogP contribution in [0.1, 0.15) is 38.5 Å². The van der Waals surface area contributed by atoms with Crippen molar-refractivity contribution in [2.75, 3.05) is 0 Å². The Balaban J connectivity index is 1.77. The molecular formula is C10H14. The van der Waals surface area contributed by atoms with Crippen molar-refractivity contribution in [1.29, 1.82) is 0 Å². The summed E-state index contributed by atoms with van der Waals surface area (Å²) in [4.78, 5) is 0. The van der Waals surface area contributed by atoms with E-state index < -0.39 is 0 Å². The lowest BCUT2D eigenvalue weighted by atomic mass is 9.99. The molecule has 1 spiro atoms. The van der Waals surface area contributed by atoms with Gasteiger partial charge in [-0.15, -0.1) is 0 Å². The highest BCUT2D eigenvalue weighted by molar-refractivity contribution is 5.41. The molecule has 4 saturated carbocycles. The first-order chi connectivity index (χ1) is 4.90. The van der Waals surface area contributed by atoms with Crippen LogP contribution in [0.5, 0.6) is 0 Å². The lowest BCUT2D eigenvalue weighted by molar-refractivity contribution is 0.430. The van der Waals surface area contributed by atoms with Gasteiger partial charge in [0.25, 0.3) is 0 Å². The second kappa shape index (κ2) is 1.00. The van der Waals surface area contributed by atoms with Crippen LogP contribution in [0.4, 0.5) is 0 Å². The van der Waals surface area contributed by atoms with Crippen LogP contribution >= 0.6 is 0 Å². The highest BCUT2D eigenvalue weighted by Crippen LogP contribution is 2.99. The molecule has 0 aromatic carbocycles. The fraction of sp³-hybridized carbons (Fsp3) is 1.00. The van der Waals surface area contributed by atoms with Crippen LogP contribution in [-0.4, -0.2) is 0 Å². The maximum Gasteiger partial charge on any atom is -0.0170 e. The summed E-state index contributed by atoms with van der Waals surface area (Å²) in [6.45, 7) is 0. The topological polar surface area (TPSA) is 0 Å². The Bertz CT molecular complexity index is 216. The Morgan fingerprint density at radius 1 is 1.10 bits per heavy atom. The van der Waals surface area contributed by atoms with Gasteiger partial charge >= 0.3 is 0 Å². The molecular weight excluding hydrogens is 120 g/mol. The Morgan fingerprint density at radius 3 is 2.60 bits per heavy atom. The second-order valence-corrected chi connectivity index (χ2v) is 5.09. The molecule has 54 valence electrons. The third-order valence-corrected chi connectivity index (χ3v) is 5.04. The summed E-state index contributed by atoms with van der Waals surface area (Å²) < 4.78 is 0. The van der Waals surface area contributed by atoms with Gasteiger partial charge in [-0.1, -0.05) is 6.42 Å². The number of fused-ring (bicyclic) bond motifs is 1. The third-order valence-electron chi connectivity index (χ3n) is 5.04. The van der Waals surface area contributed by atoms with E-state index in [2.05, 4.69) is 0 Å². The fourth-order valence-corrected chi connectivity index (χ4v) is 4.47. The molecule has 3 unspecified atom stereocenters. The van der Waals surface area contributed by atoms with Crippen molar-refractivity contribution < 1.29 is 0 Å². The molecule has 0 amide bonds. The average molecular weight is 134 g/mol. The molecule has 10 heavy (non-hydrogen) atoms. The normalized spacial score (nSPS) is 69.0. The summed E-state index contributed by atoms with van der Waals surface area (Å²) in [5.74, 6) is 2.49.